The fraction of sp³-hybridized carbons (Fsp3) is 0. The SMILES string of the molecule is N#Cc1ccc(-c2ccc(-c3cc(-c4cccc(-c5cccc(-c6c7ccccc7cc7c6ccc6ccccc67)c5)c4)nc(-c4ccccc4)n3)cc2)cc1. The van der Waals surface area contributed by atoms with Crippen LogP contribution >= 0.6 is 0 Å². The molecule has 0 radical (unpaired) electrons. The first kappa shape index (κ1) is 32.9. The summed E-state index contributed by atoms with van der Waals surface area (Å²) in [5.41, 5.74) is 12.2. The van der Waals surface area contributed by atoms with Gasteiger partial charge in [-0.1, -0.05) is 164 Å². The number of hydrogen-bond acceptors (Lipinski definition) is 3. The van der Waals surface area contributed by atoms with Crippen molar-refractivity contribution in [2.24, 2.45) is 0 Å². The summed E-state index contributed by atoms with van der Waals surface area (Å²) in [6, 6.07) is 72.4. The maximum atomic E-state index is 9.23. The van der Waals surface area contributed by atoms with Gasteiger partial charge >= 0.3 is 0 Å². The van der Waals surface area contributed by atoms with Crippen LogP contribution in [0, 0.1) is 11.3 Å². The second kappa shape index (κ2) is 14.0. The third kappa shape index (κ3) is 6.06. The molecule has 0 spiro atoms. The normalized spacial score (nSPS) is 11.2. The molecule has 0 aliphatic carbocycles. The molecule has 0 unspecified atom stereocenters. The van der Waals surface area contributed by atoms with Crippen LogP contribution in [0.2, 0.25) is 0 Å². The van der Waals surface area contributed by atoms with Gasteiger partial charge in [0.05, 0.1) is 23.0 Å². The minimum atomic E-state index is 0.649. The maximum absolute atomic E-state index is 9.23. The first-order valence-electron chi connectivity index (χ1n) is 18.8. The maximum Gasteiger partial charge on any atom is 0.160 e. The Balaban J connectivity index is 1.07. The van der Waals surface area contributed by atoms with E-state index in [1.54, 1.807) is 0 Å². The van der Waals surface area contributed by atoms with Crippen LogP contribution in [0.4, 0.5) is 0 Å². The smallest absolute Gasteiger partial charge is 0.160 e. The molecule has 10 aromatic rings. The van der Waals surface area contributed by atoms with Crippen molar-refractivity contribution in [2.75, 3.05) is 0 Å². The van der Waals surface area contributed by atoms with Crippen LogP contribution in [0.1, 0.15) is 5.56 Å². The van der Waals surface area contributed by atoms with Crippen LogP contribution in [0.25, 0.3) is 99.6 Å². The van der Waals surface area contributed by atoms with Crippen molar-refractivity contribution < 1.29 is 0 Å². The second-order valence-electron chi connectivity index (χ2n) is 14.1. The van der Waals surface area contributed by atoms with Gasteiger partial charge in [0.1, 0.15) is 0 Å². The van der Waals surface area contributed by atoms with Gasteiger partial charge in [0, 0.05) is 16.7 Å². The molecule has 56 heavy (non-hydrogen) atoms. The van der Waals surface area contributed by atoms with Gasteiger partial charge in [-0.05, 0) is 102 Å². The molecule has 0 aliphatic rings. The van der Waals surface area contributed by atoms with E-state index < -0.39 is 0 Å². The quantitative estimate of drug-likeness (QED) is 0.127. The number of fused-ring (bicyclic) bond motifs is 4. The molecule has 0 N–H and O–H groups in total. The third-order valence-electron chi connectivity index (χ3n) is 10.7. The molecule has 3 heteroatoms. The van der Waals surface area contributed by atoms with E-state index in [1.165, 1.54) is 43.4 Å². The second-order valence-corrected chi connectivity index (χ2v) is 14.1. The van der Waals surface area contributed by atoms with E-state index in [4.69, 9.17) is 9.97 Å². The van der Waals surface area contributed by atoms with Crippen LogP contribution in [-0.2, 0) is 0 Å². The van der Waals surface area contributed by atoms with Crippen LogP contribution in [-0.4, -0.2) is 9.97 Å². The fourth-order valence-corrected chi connectivity index (χ4v) is 7.87. The summed E-state index contributed by atoms with van der Waals surface area (Å²) in [5, 5.41) is 16.7. The zero-order chi connectivity index (χ0) is 37.4. The summed E-state index contributed by atoms with van der Waals surface area (Å²) in [4.78, 5) is 10.2. The zero-order valence-corrected chi connectivity index (χ0v) is 30.4. The Bertz CT molecular complexity index is 3120. The molecular formula is C53H33N3. The van der Waals surface area contributed by atoms with Crippen molar-refractivity contribution in [1.82, 2.24) is 9.97 Å². The monoisotopic (exact) mass is 711 g/mol. The predicted molar refractivity (Wildman–Crippen MR) is 232 cm³/mol. The first-order valence-corrected chi connectivity index (χ1v) is 18.8. The predicted octanol–water partition coefficient (Wildman–Crippen LogP) is 13.8. The lowest BCUT2D eigenvalue weighted by molar-refractivity contribution is 1.18. The van der Waals surface area contributed by atoms with E-state index >= 15 is 0 Å². The number of nitrogens with zero attached hydrogens (tertiary/aromatic N) is 3. The highest BCUT2D eigenvalue weighted by Crippen LogP contribution is 2.41. The molecule has 0 fully saturated rings. The van der Waals surface area contributed by atoms with Crippen LogP contribution in [0.15, 0.2) is 200 Å². The summed E-state index contributed by atoms with van der Waals surface area (Å²) in [6.07, 6.45) is 0. The minimum Gasteiger partial charge on any atom is -0.228 e. The van der Waals surface area contributed by atoms with Crippen molar-refractivity contribution in [2.45, 2.75) is 0 Å². The summed E-state index contributed by atoms with van der Waals surface area (Å²) >= 11 is 0. The topological polar surface area (TPSA) is 49.6 Å². The molecule has 0 amide bonds. The highest BCUT2D eigenvalue weighted by atomic mass is 14.9. The average molecular weight is 712 g/mol. The lowest BCUT2D eigenvalue weighted by Crippen LogP contribution is -1.96. The van der Waals surface area contributed by atoms with Gasteiger partial charge in [0.2, 0.25) is 0 Å². The summed E-state index contributed by atoms with van der Waals surface area (Å²) in [7, 11) is 0. The lowest BCUT2D eigenvalue weighted by atomic mass is 9.88. The number of aromatic nitrogens is 2. The molecule has 260 valence electrons. The molecule has 0 bridgehead atoms. The van der Waals surface area contributed by atoms with E-state index in [9.17, 15) is 5.26 Å². The van der Waals surface area contributed by atoms with E-state index in [1.807, 2.05) is 42.5 Å². The Kier molecular flexibility index (Phi) is 8.21. The Morgan fingerprint density at radius 2 is 0.875 bits per heavy atom. The Labute approximate surface area is 325 Å². The molecule has 1 aromatic heterocycles. The lowest BCUT2D eigenvalue weighted by Gasteiger charge is -2.15. The standard InChI is InChI=1S/C53H33N3/c54-34-35-20-22-36(23-21-35)37-24-26-39(27-25-37)50-33-51(56-53(55-50)40-11-2-1-3-12-40)44-16-8-14-41(30-44)42-15-9-17-45(31-42)52-47-19-7-5-13-43(47)32-49-46-18-6-4-10-38(46)28-29-48(49)52/h1-33H. The summed E-state index contributed by atoms with van der Waals surface area (Å²) in [5.74, 6) is 0.678. The van der Waals surface area contributed by atoms with Gasteiger partial charge in [0.25, 0.3) is 0 Å². The summed E-state index contributed by atoms with van der Waals surface area (Å²) in [6.45, 7) is 0. The molecule has 0 aliphatic heterocycles. The minimum absolute atomic E-state index is 0.649. The van der Waals surface area contributed by atoms with Crippen LogP contribution in [0.3, 0.4) is 0 Å². The Morgan fingerprint density at radius 1 is 0.321 bits per heavy atom. The van der Waals surface area contributed by atoms with E-state index in [-0.39, 0.29) is 0 Å². The van der Waals surface area contributed by atoms with Gasteiger partial charge in [0.15, 0.2) is 5.82 Å². The number of rotatable bonds is 6. The fourth-order valence-electron chi connectivity index (χ4n) is 7.87. The Morgan fingerprint density at radius 3 is 1.61 bits per heavy atom. The van der Waals surface area contributed by atoms with Crippen molar-refractivity contribution in [3.05, 3.63) is 206 Å². The molecule has 3 nitrogen and oxygen atoms in total. The molecule has 10 rings (SSSR count). The number of hydrogen-bond donors (Lipinski definition) is 0. The van der Waals surface area contributed by atoms with Crippen molar-refractivity contribution in [3.63, 3.8) is 0 Å². The van der Waals surface area contributed by atoms with E-state index in [2.05, 4.69) is 164 Å². The van der Waals surface area contributed by atoms with E-state index in [0.717, 1.165) is 50.3 Å². The van der Waals surface area contributed by atoms with Gasteiger partial charge in [-0.3, -0.25) is 0 Å². The van der Waals surface area contributed by atoms with Crippen LogP contribution < -0.4 is 0 Å². The number of nitriles is 1. The van der Waals surface area contributed by atoms with Crippen molar-refractivity contribution >= 4 is 32.3 Å². The Hall–Kier alpha value is -7.67. The van der Waals surface area contributed by atoms with Crippen molar-refractivity contribution in [3.8, 4) is 73.4 Å². The zero-order valence-electron chi connectivity index (χ0n) is 30.4. The van der Waals surface area contributed by atoms with Crippen LogP contribution in [0.5, 0.6) is 0 Å². The molecule has 9 aromatic carbocycles. The number of benzene rings is 9. The van der Waals surface area contributed by atoms with Crippen molar-refractivity contribution in [1.29, 1.82) is 5.26 Å². The highest BCUT2D eigenvalue weighted by molar-refractivity contribution is 6.20. The molecule has 1 heterocycles. The van der Waals surface area contributed by atoms with Gasteiger partial charge in [-0.25, -0.2) is 9.97 Å². The largest absolute Gasteiger partial charge is 0.228 e. The average Bonchev–Trinajstić information content (AvgIpc) is 3.28. The first-order chi connectivity index (χ1) is 27.7. The molecule has 0 atom stereocenters. The molecular weight excluding hydrogens is 679 g/mol. The molecule has 0 saturated carbocycles. The van der Waals surface area contributed by atoms with Gasteiger partial charge in [-0.15, -0.1) is 0 Å². The van der Waals surface area contributed by atoms with Gasteiger partial charge < -0.3 is 0 Å². The third-order valence-corrected chi connectivity index (χ3v) is 10.7. The molecule has 0 saturated heterocycles. The van der Waals surface area contributed by atoms with Gasteiger partial charge in [-0.2, -0.15) is 5.26 Å². The summed E-state index contributed by atoms with van der Waals surface area (Å²) < 4.78 is 0. The highest BCUT2D eigenvalue weighted by Gasteiger charge is 2.15. The van der Waals surface area contributed by atoms with E-state index in [0.29, 0.717) is 11.4 Å².